The summed E-state index contributed by atoms with van der Waals surface area (Å²) in [5, 5.41) is 9.35. The fraction of sp³-hybridized carbons (Fsp3) is 0.656. The minimum absolute atomic E-state index is 0.0172. The fourth-order valence-corrected chi connectivity index (χ4v) is 7.03. The van der Waals surface area contributed by atoms with Crippen molar-refractivity contribution in [2.24, 2.45) is 0 Å². The van der Waals surface area contributed by atoms with Crippen molar-refractivity contribution in [1.82, 2.24) is 24.8 Å². The van der Waals surface area contributed by atoms with Crippen LogP contribution in [0.5, 0.6) is 0 Å². The summed E-state index contributed by atoms with van der Waals surface area (Å²) in [4.78, 5) is 59.1. The van der Waals surface area contributed by atoms with Crippen LogP contribution in [0.3, 0.4) is 0 Å². The summed E-state index contributed by atoms with van der Waals surface area (Å²) in [6.45, 7) is 17.3. The molecule has 1 aliphatic heterocycles. The average molecular weight is 738 g/mol. The van der Waals surface area contributed by atoms with Crippen molar-refractivity contribution in [1.29, 1.82) is 0 Å². The van der Waals surface area contributed by atoms with E-state index in [1.54, 1.807) is 26.0 Å². The highest BCUT2D eigenvalue weighted by Gasteiger charge is 2.67. The Labute approximate surface area is 296 Å². The summed E-state index contributed by atoms with van der Waals surface area (Å²) in [5.74, 6) is -2.74. The molecule has 0 unspecified atom stereocenters. The Balaban J connectivity index is 2.13. The smallest absolute Gasteiger partial charge is 0.402 e. The van der Waals surface area contributed by atoms with Crippen LogP contribution in [-0.2, 0) is 52.0 Å². The quantitative estimate of drug-likeness (QED) is 0.0766. The van der Waals surface area contributed by atoms with Gasteiger partial charge in [0.1, 0.15) is 30.0 Å². The summed E-state index contributed by atoms with van der Waals surface area (Å²) in [5.41, 5.74) is 4.44. The maximum Gasteiger partial charge on any atom is 0.402 e. The van der Waals surface area contributed by atoms with E-state index in [1.807, 2.05) is 13.8 Å². The van der Waals surface area contributed by atoms with Crippen LogP contribution in [-0.4, -0.2) is 88.3 Å². The number of rotatable bonds is 20. The van der Waals surface area contributed by atoms with Crippen LogP contribution < -0.4 is 15.9 Å². The first kappa shape index (κ1) is 41.3. The molecule has 0 spiro atoms. The normalized spacial score (nSPS) is 21.4. The molecule has 3 rings (SSSR count). The lowest BCUT2D eigenvalue weighted by atomic mass is 10.0. The van der Waals surface area contributed by atoms with E-state index in [0.717, 1.165) is 0 Å². The van der Waals surface area contributed by atoms with Crippen molar-refractivity contribution in [2.75, 3.05) is 25.6 Å². The first-order valence-electron chi connectivity index (χ1n) is 16.9. The molecule has 1 aliphatic rings. The van der Waals surface area contributed by atoms with Crippen LogP contribution in [0.1, 0.15) is 91.9 Å². The van der Waals surface area contributed by atoms with Crippen molar-refractivity contribution in [3.05, 3.63) is 35.6 Å². The summed E-state index contributed by atoms with van der Waals surface area (Å²) >= 11 is 0. The molecule has 0 aromatic carbocycles. The van der Waals surface area contributed by atoms with Crippen LogP contribution in [0, 0.1) is 6.57 Å². The number of ether oxygens (including phenoxy) is 5. The fourth-order valence-electron chi connectivity index (χ4n) is 5.21. The number of fused-ring (bicyclic) bond motifs is 1. The van der Waals surface area contributed by atoms with Crippen molar-refractivity contribution in [2.45, 2.75) is 116 Å². The molecule has 3 heterocycles. The van der Waals surface area contributed by atoms with Gasteiger partial charge in [-0.3, -0.25) is 37.8 Å². The molecule has 0 amide bonds. The van der Waals surface area contributed by atoms with E-state index in [4.69, 9.17) is 40.5 Å². The number of carbonyl (C=O) groups is 4. The summed E-state index contributed by atoms with van der Waals surface area (Å²) < 4.78 is 49.9. The van der Waals surface area contributed by atoms with Gasteiger partial charge in [-0.05, 0) is 52.7 Å². The minimum Gasteiger partial charge on any atom is -0.465 e. The van der Waals surface area contributed by atoms with Gasteiger partial charge in [-0.1, -0.05) is 26.7 Å². The number of nitrogens with zero attached hydrogens (tertiary/aromatic N) is 4. The van der Waals surface area contributed by atoms with Gasteiger partial charge in [-0.2, -0.15) is 5.10 Å². The monoisotopic (exact) mass is 737 g/mol. The Morgan fingerprint density at radius 2 is 1.57 bits per heavy atom. The number of anilines is 1. The highest BCUT2D eigenvalue weighted by molar-refractivity contribution is 7.54. The Morgan fingerprint density at radius 1 is 1.00 bits per heavy atom. The molecule has 2 aromatic rings. The summed E-state index contributed by atoms with van der Waals surface area (Å²) in [6, 6.07) is 0.762. The third kappa shape index (κ3) is 10.5. The second-order valence-corrected chi connectivity index (χ2v) is 13.7. The molecular weight excluding hydrogens is 689 g/mol. The molecule has 282 valence electrons. The molecule has 2 aromatic heterocycles. The van der Waals surface area contributed by atoms with Gasteiger partial charge < -0.3 is 24.7 Å². The van der Waals surface area contributed by atoms with Crippen molar-refractivity contribution >= 4 is 42.9 Å². The molecule has 18 nitrogen and oxygen atoms in total. The molecule has 4 N–H and O–H groups in total. The average Bonchev–Trinajstić information content (AvgIpc) is 3.65. The van der Waals surface area contributed by atoms with Gasteiger partial charge in [0, 0.05) is 12.8 Å². The standard InChI is InChI=1S/C32H48N7O11P/c1-8-12-14-24(40)48-27-26(22-16-17-23-29(33)35-19-36-39(22)23)50-32(34-7,28(27)49-25(41)15-13-9-2)18-47-51(44,37-20(5)30(42)45-10-3)38-21(6)31(43)46-11-4/h16-17,19-21,26-28H,8-15,18H2,1-6H3,(H2,33,35,36)(H2,37,38,44)/t20-,21-,26-,27-,28-,32+/m0/s1. The number of aromatic nitrogens is 3. The number of nitrogens with two attached hydrogens (primary N) is 1. The highest BCUT2D eigenvalue weighted by Crippen LogP contribution is 2.48. The molecule has 0 bridgehead atoms. The van der Waals surface area contributed by atoms with E-state index < -0.39 is 74.3 Å². The van der Waals surface area contributed by atoms with Gasteiger partial charge in [0.2, 0.25) is 6.10 Å². The van der Waals surface area contributed by atoms with E-state index in [0.29, 0.717) is 31.2 Å². The van der Waals surface area contributed by atoms with Gasteiger partial charge in [0.25, 0.3) is 0 Å². The number of hydrogen-bond donors (Lipinski definition) is 3. The van der Waals surface area contributed by atoms with E-state index in [9.17, 15) is 23.7 Å². The van der Waals surface area contributed by atoms with Crippen LogP contribution >= 0.6 is 7.67 Å². The van der Waals surface area contributed by atoms with Crippen LogP contribution in [0.15, 0.2) is 18.5 Å². The van der Waals surface area contributed by atoms with E-state index in [2.05, 4.69) is 25.1 Å². The second kappa shape index (κ2) is 18.9. The Hall–Kier alpha value is -4.14. The maximum absolute atomic E-state index is 14.4. The Kier molecular flexibility index (Phi) is 15.3. The first-order chi connectivity index (χ1) is 24.3. The Morgan fingerprint density at radius 3 is 2.10 bits per heavy atom. The SMILES string of the molecule is [C-]#[N+][C@]1(COP(=O)(N[C@@H](C)C(=O)OCC)N[C@@H](C)C(=O)OCC)O[C@@H](c2ccc3c(N)ncnn23)[C@H](OC(=O)CCCC)[C@@H]1OC(=O)CCCC. The molecule has 0 radical (unpaired) electrons. The number of nitrogens with one attached hydrogen (secondary N) is 2. The number of carbonyl (C=O) groups excluding carboxylic acids is 4. The topological polar surface area (TPSA) is 225 Å². The maximum atomic E-state index is 14.4. The molecule has 1 fully saturated rings. The van der Waals surface area contributed by atoms with Gasteiger partial charge in [0.05, 0.1) is 18.9 Å². The van der Waals surface area contributed by atoms with Gasteiger partial charge in [0.15, 0.2) is 18.5 Å². The van der Waals surface area contributed by atoms with Crippen molar-refractivity contribution in [3.8, 4) is 0 Å². The zero-order valence-electron chi connectivity index (χ0n) is 29.8. The second-order valence-electron chi connectivity index (χ2n) is 11.8. The van der Waals surface area contributed by atoms with Crippen molar-refractivity contribution < 1.29 is 52.0 Å². The van der Waals surface area contributed by atoms with E-state index in [1.165, 1.54) is 24.7 Å². The minimum atomic E-state index is -4.48. The molecule has 0 saturated carbocycles. The lowest BCUT2D eigenvalue weighted by Crippen LogP contribution is -2.49. The lowest BCUT2D eigenvalue weighted by molar-refractivity contribution is -0.170. The Bertz CT molecular complexity index is 1590. The van der Waals surface area contributed by atoms with Gasteiger partial charge in [-0.25, -0.2) is 26.2 Å². The van der Waals surface area contributed by atoms with Crippen LogP contribution in [0.25, 0.3) is 10.4 Å². The van der Waals surface area contributed by atoms with Crippen molar-refractivity contribution in [3.63, 3.8) is 0 Å². The third-order valence-electron chi connectivity index (χ3n) is 7.82. The van der Waals surface area contributed by atoms with E-state index >= 15 is 0 Å². The molecular formula is C32H48N7O11P. The first-order valence-corrected chi connectivity index (χ1v) is 18.6. The van der Waals surface area contributed by atoms with E-state index in [-0.39, 0.29) is 37.6 Å². The predicted octanol–water partition coefficient (Wildman–Crippen LogP) is 3.41. The molecule has 51 heavy (non-hydrogen) atoms. The number of nitrogen functional groups attached to an aromatic ring is 1. The number of unbranched alkanes of at least 4 members (excludes halogenated alkanes) is 2. The summed E-state index contributed by atoms with van der Waals surface area (Å²) in [6.07, 6.45) is -0.756. The molecule has 6 atom stereocenters. The number of hydrogen-bond acceptors (Lipinski definition) is 14. The van der Waals surface area contributed by atoms with Crippen LogP contribution in [0.2, 0.25) is 0 Å². The molecule has 0 aliphatic carbocycles. The van der Waals surface area contributed by atoms with Gasteiger partial charge >= 0.3 is 37.3 Å². The lowest BCUT2D eigenvalue weighted by Gasteiger charge is -2.29. The predicted molar refractivity (Wildman–Crippen MR) is 181 cm³/mol. The molecule has 1 saturated heterocycles. The number of esters is 4. The summed E-state index contributed by atoms with van der Waals surface area (Å²) in [7, 11) is -4.48. The zero-order chi connectivity index (χ0) is 37.8. The van der Waals surface area contributed by atoms with Gasteiger partial charge in [-0.15, -0.1) is 0 Å². The highest BCUT2D eigenvalue weighted by atomic mass is 31.2. The third-order valence-corrected chi connectivity index (χ3v) is 9.77. The zero-order valence-corrected chi connectivity index (χ0v) is 30.7. The molecule has 19 heteroatoms. The largest absolute Gasteiger partial charge is 0.465 e. The van der Waals surface area contributed by atoms with Crippen LogP contribution in [0.4, 0.5) is 5.82 Å².